The van der Waals surface area contributed by atoms with Gasteiger partial charge in [-0.3, -0.25) is 9.78 Å². The number of carbonyl (C=O) groups excluding carboxylic acids is 1. The summed E-state index contributed by atoms with van der Waals surface area (Å²) in [5.74, 6) is 2.09. The molecule has 0 bridgehead atoms. The van der Waals surface area contributed by atoms with Crippen molar-refractivity contribution in [2.45, 2.75) is 38.6 Å². The number of carbonyl (C=O) groups is 1. The Morgan fingerprint density at radius 1 is 1.20 bits per heavy atom. The number of aryl methyl sites for hydroxylation is 1. The molecule has 35 heavy (non-hydrogen) atoms. The molecule has 0 saturated carbocycles. The fourth-order valence-corrected chi connectivity index (χ4v) is 5.44. The van der Waals surface area contributed by atoms with Crippen LogP contribution in [-0.4, -0.2) is 50.9 Å². The number of nitrogens with zero attached hydrogens (tertiary/aromatic N) is 3. The van der Waals surface area contributed by atoms with Crippen molar-refractivity contribution in [1.29, 1.82) is 0 Å². The predicted octanol–water partition coefficient (Wildman–Crippen LogP) is 6.61. The average molecular weight is 508 g/mol. The summed E-state index contributed by atoms with van der Waals surface area (Å²) in [5.41, 5.74) is 5.37. The van der Waals surface area contributed by atoms with Crippen molar-refractivity contribution >= 4 is 56.9 Å². The second-order valence-electron chi connectivity index (χ2n) is 9.16. The predicted molar refractivity (Wildman–Crippen MR) is 147 cm³/mol. The number of nitrogens with one attached hydrogen (secondary N) is 2. The number of pyridine rings is 1. The van der Waals surface area contributed by atoms with E-state index >= 15 is 0 Å². The van der Waals surface area contributed by atoms with Crippen LogP contribution in [0.3, 0.4) is 0 Å². The van der Waals surface area contributed by atoms with Gasteiger partial charge in [-0.25, -0.2) is 4.98 Å². The zero-order valence-corrected chi connectivity index (χ0v) is 21.7. The molecular formula is C27H30ClN5OS. The smallest absolute Gasteiger partial charge is 0.254 e. The van der Waals surface area contributed by atoms with Crippen LogP contribution < -0.4 is 5.32 Å². The van der Waals surface area contributed by atoms with Crippen LogP contribution >= 0.6 is 23.4 Å². The van der Waals surface area contributed by atoms with Gasteiger partial charge in [-0.05, 0) is 86.6 Å². The number of likely N-dealkylation sites (tertiary alicyclic amines) is 1. The molecule has 1 aliphatic rings. The number of rotatable bonds is 8. The third-order valence-electron chi connectivity index (χ3n) is 6.67. The topological polar surface area (TPSA) is 73.9 Å². The van der Waals surface area contributed by atoms with Gasteiger partial charge in [-0.15, -0.1) is 0 Å². The van der Waals surface area contributed by atoms with Gasteiger partial charge in [-0.1, -0.05) is 11.6 Å². The van der Waals surface area contributed by atoms with Crippen LogP contribution in [-0.2, 0) is 0 Å². The van der Waals surface area contributed by atoms with E-state index in [9.17, 15) is 4.79 Å². The van der Waals surface area contributed by atoms with Crippen LogP contribution in [0.2, 0.25) is 5.02 Å². The van der Waals surface area contributed by atoms with Gasteiger partial charge in [0.25, 0.3) is 5.91 Å². The maximum Gasteiger partial charge on any atom is 0.254 e. The van der Waals surface area contributed by atoms with Crippen molar-refractivity contribution in [2.24, 2.45) is 0 Å². The van der Waals surface area contributed by atoms with E-state index in [1.807, 2.05) is 60.1 Å². The Hall–Kier alpha value is -2.77. The number of halogens is 1. The van der Waals surface area contributed by atoms with Crippen LogP contribution in [0.1, 0.15) is 53.5 Å². The number of aromatic amines is 1. The van der Waals surface area contributed by atoms with Gasteiger partial charge >= 0.3 is 0 Å². The van der Waals surface area contributed by atoms with Crippen molar-refractivity contribution in [1.82, 2.24) is 19.9 Å². The minimum Gasteiger partial charge on any atom is -0.375 e. The fraction of sp³-hybridized carbons (Fsp3) is 0.370. The summed E-state index contributed by atoms with van der Waals surface area (Å²) in [7, 11) is 0. The van der Waals surface area contributed by atoms with E-state index in [-0.39, 0.29) is 11.9 Å². The molecule has 1 saturated heterocycles. The zero-order chi connectivity index (χ0) is 24.4. The van der Waals surface area contributed by atoms with Gasteiger partial charge < -0.3 is 15.2 Å². The molecule has 0 spiro atoms. The summed E-state index contributed by atoms with van der Waals surface area (Å²) in [6, 6.07) is 11.8. The van der Waals surface area contributed by atoms with Gasteiger partial charge in [0.15, 0.2) is 0 Å². The minimum atomic E-state index is 0.00476. The highest BCUT2D eigenvalue weighted by atomic mass is 35.5. The first-order valence-electron chi connectivity index (χ1n) is 12.1. The molecule has 0 radical (unpaired) electrons. The lowest BCUT2D eigenvalue weighted by Gasteiger charge is -2.20. The van der Waals surface area contributed by atoms with Crippen LogP contribution in [0.4, 0.5) is 5.69 Å². The number of aromatic nitrogens is 3. The van der Waals surface area contributed by atoms with Gasteiger partial charge in [0.1, 0.15) is 5.82 Å². The van der Waals surface area contributed by atoms with E-state index in [0.29, 0.717) is 5.02 Å². The van der Waals surface area contributed by atoms with Crippen molar-refractivity contribution in [3.8, 4) is 0 Å². The normalized spacial score (nSPS) is 14.7. The summed E-state index contributed by atoms with van der Waals surface area (Å²) < 4.78 is 0. The number of hydrogen-bond donors (Lipinski definition) is 2. The third-order valence-corrected chi connectivity index (χ3v) is 7.61. The van der Waals surface area contributed by atoms with Crippen LogP contribution in [0.25, 0.3) is 21.9 Å². The molecule has 0 aliphatic carbocycles. The molecule has 182 valence electrons. The molecule has 2 N–H and O–H groups in total. The molecule has 5 rings (SSSR count). The first-order valence-corrected chi connectivity index (χ1v) is 13.9. The molecule has 1 fully saturated rings. The number of anilines is 1. The summed E-state index contributed by atoms with van der Waals surface area (Å²) in [6.45, 7) is 3.69. The Morgan fingerprint density at radius 3 is 2.83 bits per heavy atom. The number of fused-ring (bicyclic) bond motifs is 2. The molecule has 8 heteroatoms. The lowest BCUT2D eigenvalue weighted by Crippen LogP contribution is -2.28. The largest absolute Gasteiger partial charge is 0.375 e. The molecule has 1 amide bonds. The van der Waals surface area contributed by atoms with Gasteiger partial charge in [-0.2, -0.15) is 11.8 Å². The zero-order valence-electron chi connectivity index (χ0n) is 20.1. The molecular weight excluding hydrogens is 478 g/mol. The lowest BCUT2D eigenvalue weighted by molar-refractivity contribution is 0.0792. The number of imidazole rings is 1. The van der Waals surface area contributed by atoms with E-state index in [1.54, 1.807) is 0 Å². The third kappa shape index (κ3) is 5.11. The van der Waals surface area contributed by atoms with Crippen LogP contribution in [0.5, 0.6) is 0 Å². The molecule has 1 unspecified atom stereocenters. The Labute approximate surface area is 214 Å². The van der Waals surface area contributed by atoms with Crippen LogP contribution in [0, 0.1) is 6.92 Å². The Balaban J connectivity index is 1.48. The first kappa shape index (κ1) is 23.9. The molecule has 1 atom stereocenters. The number of hydrogen-bond acceptors (Lipinski definition) is 5. The first-order chi connectivity index (χ1) is 17.0. The molecule has 2 aromatic carbocycles. The van der Waals surface area contributed by atoms with Crippen LogP contribution in [0.15, 0.2) is 42.6 Å². The molecule has 1 aliphatic heterocycles. The monoisotopic (exact) mass is 507 g/mol. The van der Waals surface area contributed by atoms with E-state index < -0.39 is 0 Å². The highest BCUT2D eigenvalue weighted by Gasteiger charge is 2.22. The molecule has 3 heterocycles. The Morgan fingerprint density at radius 2 is 2.03 bits per heavy atom. The SMILES string of the molecule is CSCCCC(Nc1ccnc2cc(C(=O)N3CCCC3)c(C)cc12)c1nc2ccc(Cl)cc2[nH]1. The molecule has 2 aromatic heterocycles. The van der Waals surface area contributed by atoms with Crippen molar-refractivity contribution in [3.63, 3.8) is 0 Å². The van der Waals surface area contributed by atoms with Crippen molar-refractivity contribution < 1.29 is 4.79 Å². The quantitative estimate of drug-likeness (QED) is 0.263. The van der Waals surface area contributed by atoms with Gasteiger partial charge in [0.2, 0.25) is 0 Å². The van der Waals surface area contributed by atoms with Gasteiger partial charge in [0, 0.05) is 40.9 Å². The van der Waals surface area contributed by atoms with Gasteiger partial charge in [0.05, 0.1) is 22.6 Å². The van der Waals surface area contributed by atoms with E-state index in [2.05, 4.69) is 27.6 Å². The standard InChI is InChI=1S/C27H30ClN5OS/c1-17-14-20-21(9-10-29-24(20)16-19(17)27(34)33-11-3-4-12-33)30-23(6-5-13-35-2)26-31-22-8-7-18(28)15-25(22)32-26/h7-10,14-16,23H,3-6,11-13H2,1-2H3,(H,29,30)(H,31,32). The van der Waals surface area contributed by atoms with Crippen molar-refractivity contribution in [3.05, 3.63) is 64.6 Å². The lowest BCUT2D eigenvalue weighted by atomic mass is 10.0. The van der Waals surface area contributed by atoms with Crippen molar-refractivity contribution in [2.75, 3.05) is 30.4 Å². The summed E-state index contributed by atoms with van der Waals surface area (Å²) in [6.07, 6.45) is 8.09. The summed E-state index contributed by atoms with van der Waals surface area (Å²) >= 11 is 8.05. The molecule has 6 nitrogen and oxygen atoms in total. The maximum atomic E-state index is 13.1. The number of amides is 1. The van der Waals surface area contributed by atoms with E-state index in [1.165, 1.54) is 0 Å². The number of H-pyrrole nitrogens is 1. The van der Waals surface area contributed by atoms with E-state index in [4.69, 9.17) is 16.6 Å². The summed E-state index contributed by atoms with van der Waals surface area (Å²) in [5, 5.41) is 5.43. The highest BCUT2D eigenvalue weighted by Crippen LogP contribution is 2.31. The Bertz CT molecular complexity index is 1360. The Kier molecular flexibility index (Phi) is 7.16. The van der Waals surface area contributed by atoms with E-state index in [0.717, 1.165) is 89.1 Å². The average Bonchev–Trinajstić information content (AvgIpc) is 3.53. The summed E-state index contributed by atoms with van der Waals surface area (Å²) in [4.78, 5) is 28.0. The minimum absolute atomic E-state index is 0.00476. The number of thioether (sulfide) groups is 1. The second kappa shape index (κ2) is 10.5. The fourth-order valence-electron chi connectivity index (χ4n) is 4.81. The second-order valence-corrected chi connectivity index (χ2v) is 10.6. The number of benzene rings is 2. The highest BCUT2D eigenvalue weighted by molar-refractivity contribution is 7.98. The maximum absolute atomic E-state index is 13.1. The molecule has 4 aromatic rings.